The summed E-state index contributed by atoms with van der Waals surface area (Å²) in [5.41, 5.74) is 0. The predicted molar refractivity (Wildman–Crippen MR) is 56.0 cm³/mol. The smallest absolute Gasteiger partial charge is 0.314 e. The number of alkyl halides is 3. The third-order valence-electron chi connectivity index (χ3n) is 1.60. The van der Waals surface area contributed by atoms with Crippen LogP contribution in [0.3, 0.4) is 0 Å². The van der Waals surface area contributed by atoms with Gasteiger partial charge in [-0.25, -0.2) is 0 Å². The van der Waals surface area contributed by atoms with Crippen molar-refractivity contribution in [2.24, 2.45) is 0 Å². The van der Waals surface area contributed by atoms with Crippen LogP contribution in [0.15, 0.2) is 0 Å². The standard InChI is InChI=1S/C6H11F3N2.2BrH/c7-6(8,9)3-5-4-10-1-2-11-5;;/h5,10-11H,1-4H2;2*1H. The third kappa shape index (κ3) is 7.72. The first-order chi connectivity index (χ1) is 5.08. The summed E-state index contributed by atoms with van der Waals surface area (Å²) in [6.45, 7) is 1.80. The van der Waals surface area contributed by atoms with Gasteiger partial charge in [0.1, 0.15) is 0 Å². The summed E-state index contributed by atoms with van der Waals surface area (Å²) in [6, 6.07) is -0.441. The molecule has 1 saturated heterocycles. The summed E-state index contributed by atoms with van der Waals surface area (Å²) < 4.78 is 35.3. The molecule has 1 fully saturated rings. The van der Waals surface area contributed by atoms with Gasteiger partial charge in [-0.15, -0.1) is 34.0 Å². The Bertz CT molecular complexity index is 126. The molecule has 1 atom stereocenters. The van der Waals surface area contributed by atoms with E-state index in [1.165, 1.54) is 0 Å². The Morgan fingerprint density at radius 2 is 1.77 bits per heavy atom. The number of nitrogens with one attached hydrogen (secondary N) is 2. The molecule has 1 aliphatic rings. The number of hydrogen-bond acceptors (Lipinski definition) is 2. The number of hydrogen-bond donors (Lipinski definition) is 2. The second kappa shape index (κ2) is 7.03. The summed E-state index contributed by atoms with van der Waals surface area (Å²) in [5.74, 6) is 0. The maximum Gasteiger partial charge on any atom is 0.390 e. The first-order valence-corrected chi connectivity index (χ1v) is 3.59. The largest absolute Gasteiger partial charge is 0.390 e. The molecule has 0 saturated carbocycles. The maximum absolute atomic E-state index is 11.8. The third-order valence-corrected chi connectivity index (χ3v) is 1.60. The normalized spacial score (nSPS) is 22.8. The van der Waals surface area contributed by atoms with Crippen LogP contribution in [0, 0.1) is 0 Å². The van der Waals surface area contributed by atoms with Crippen molar-refractivity contribution >= 4 is 34.0 Å². The molecule has 2 nitrogen and oxygen atoms in total. The quantitative estimate of drug-likeness (QED) is 0.764. The maximum atomic E-state index is 11.8. The van der Waals surface area contributed by atoms with E-state index in [0.29, 0.717) is 13.1 Å². The molecule has 0 radical (unpaired) electrons. The Labute approximate surface area is 96.2 Å². The van der Waals surface area contributed by atoms with E-state index in [-0.39, 0.29) is 34.0 Å². The molecule has 0 spiro atoms. The fourth-order valence-corrected chi connectivity index (χ4v) is 1.14. The van der Waals surface area contributed by atoms with Crippen LogP contribution >= 0.6 is 34.0 Å². The fraction of sp³-hybridized carbons (Fsp3) is 1.00. The summed E-state index contributed by atoms with van der Waals surface area (Å²) in [7, 11) is 0. The van der Waals surface area contributed by atoms with Gasteiger partial charge in [-0.1, -0.05) is 0 Å². The van der Waals surface area contributed by atoms with Gasteiger partial charge in [-0.3, -0.25) is 0 Å². The lowest BCUT2D eigenvalue weighted by molar-refractivity contribution is -0.140. The summed E-state index contributed by atoms with van der Waals surface area (Å²) >= 11 is 0. The van der Waals surface area contributed by atoms with Gasteiger partial charge in [0.2, 0.25) is 0 Å². The van der Waals surface area contributed by atoms with Crippen molar-refractivity contribution in [3.63, 3.8) is 0 Å². The zero-order chi connectivity index (χ0) is 8.32. The molecule has 0 aromatic heterocycles. The van der Waals surface area contributed by atoms with E-state index in [1.54, 1.807) is 0 Å². The Hall–Kier alpha value is 0.670. The van der Waals surface area contributed by atoms with Crippen LogP contribution in [0.1, 0.15) is 6.42 Å². The lowest BCUT2D eigenvalue weighted by atomic mass is 10.1. The monoisotopic (exact) mass is 328 g/mol. The van der Waals surface area contributed by atoms with E-state index in [4.69, 9.17) is 0 Å². The summed E-state index contributed by atoms with van der Waals surface area (Å²) in [4.78, 5) is 0. The van der Waals surface area contributed by atoms with Crippen molar-refractivity contribution in [1.29, 1.82) is 0 Å². The Kier molecular flexibility index (Phi) is 8.71. The van der Waals surface area contributed by atoms with Crippen molar-refractivity contribution < 1.29 is 13.2 Å². The van der Waals surface area contributed by atoms with Gasteiger partial charge in [0.15, 0.2) is 0 Å². The average Bonchev–Trinajstić information content (AvgIpc) is 1.85. The van der Waals surface area contributed by atoms with E-state index < -0.39 is 18.6 Å². The Morgan fingerprint density at radius 3 is 2.15 bits per heavy atom. The first kappa shape index (κ1) is 16.1. The predicted octanol–water partition coefficient (Wildman–Crippen LogP) is 1.66. The highest BCUT2D eigenvalue weighted by molar-refractivity contribution is 8.93. The average molecular weight is 330 g/mol. The molecule has 1 heterocycles. The van der Waals surface area contributed by atoms with Gasteiger partial charge in [-0.05, 0) is 0 Å². The second-order valence-electron chi connectivity index (χ2n) is 2.67. The number of piperazine rings is 1. The number of halogens is 5. The molecule has 0 aromatic rings. The van der Waals surface area contributed by atoms with Crippen molar-refractivity contribution in [1.82, 2.24) is 10.6 Å². The Morgan fingerprint density at radius 1 is 1.15 bits per heavy atom. The van der Waals surface area contributed by atoms with E-state index >= 15 is 0 Å². The van der Waals surface area contributed by atoms with Gasteiger partial charge < -0.3 is 10.6 Å². The molecule has 0 amide bonds. The molecular formula is C6H13Br2F3N2. The fourth-order valence-electron chi connectivity index (χ4n) is 1.14. The molecule has 1 aliphatic heterocycles. The van der Waals surface area contributed by atoms with Gasteiger partial charge in [0, 0.05) is 25.7 Å². The lowest BCUT2D eigenvalue weighted by Crippen LogP contribution is -2.49. The molecule has 0 aliphatic carbocycles. The van der Waals surface area contributed by atoms with Crippen LogP contribution in [0.4, 0.5) is 13.2 Å². The van der Waals surface area contributed by atoms with Crippen molar-refractivity contribution in [2.75, 3.05) is 19.6 Å². The molecule has 0 aromatic carbocycles. The molecule has 7 heteroatoms. The van der Waals surface area contributed by atoms with Crippen LogP contribution in [-0.4, -0.2) is 31.9 Å². The van der Waals surface area contributed by atoms with Crippen molar-refractivity contribution in [3.8, 4) is 0 Å². The van der Waals surface area contributed by atoms with E-state index in [1.807, 2.05) is 0 Å². The Balaban J connectivity index is 0. The van der Waals surface area contributed by atoms with Crippen LogP contribution in [-0.2, 0) is 0 Å². The van der Waals surface area contributed by atoms with Gasteiger partial charge in [0.25, 0.3) is 0 Å². The minimum atomic E-state index is -4.04. The molecule has 1 rings (SSSR count). The minimum absolute atomic E-state index is 0. The SMILES string of the molecule is Br.Br.FC(F)(F)CC1CNCCN1. The van der Waals surface area contributed by atoms with Gasteiger partial charge in [0.05, 0.1) is 6.42 Å². The van der Waals surface area contributed by atoms with E-state index in [0.717, 1.165) is 6.54 Å². The van der Waals surface area contributed by atoms with Crippen LogP contribution in [0.5, 0.6) is 0 Å². The topological polar surface area (TPSA) is 24.1 Å². The van der Waals surface area contributed by atoms with Crippen molar-refractivity contribution in [3.05, 3.63) is 0 Å². The zero-order valence-corrected chi connectivity index (χ0v) is 10.3. The highest BCUT2D eigenvalue weighted by atomic mass is 79.9. The molecule has 1 unspecified atom stereocenters. The van der Waals surface area contributed by atoms with Crippen molar-refractivity contribution in [2.45, 2.75) is 18.6 Å². The summed E-state index contributed by atoms with van der Waals surface area (Å²) in [5, 5.41) is 5.69. The van der Waals surface area contributed by atoms with Crippen LogP contribution in [0.2, 0.25) is 0 Å². The zero-order valence-electron chi connectivity index (χ0n) is 6.86. The van der Waals surface area contributed by atoms with Gasteiger partial charge in [-0.2, -0.15) is 13.2 Å². The molecular weight excluding hydrogens is 317 g/mol. The van der Waals surface area contributed by atoms with Crippen LogP contribution < -0.4 is 10.6 Å². The van der Waals surface area contributed by atoms with E-state index in [2.05, 4.69) is 10.6 Å². The van der Waals surface area contributed by atoms with Crippen LogP contribution in [0.25, 0.3) is 0 Å². The lowest BCUT2D eigenvalue weighted by Gasteiger charge is -2.25. The molecule has 13 heavy (non-hydrogen) atoms. The highest BCUT2D eigenvalue weighted by Gasteiger charge is 2.32. The van der Waals surface area contributed by atoms with E-state index in [9.17, 15) is 13.2 Å². The first-order valence-electron chi connectivity index (χ1n) is 3.59. The molecule has 82 valence electrons. The summed E-state index contributed by atoms with van der Waals surface area (Å²) in [6.07, 6.45) is -4.78. The number of rotatable bonds is 1. The highest BCUT2D eigenvalue weighted by Crippen LogP contribution is 2.21. The molecule has 0 bridgehead atoms. The van der Waals surface area contributed by atoms with Gasteiger partial charge >= 0.3 is 6.18 Å². The second-order valence-corrected chi connectivity index (χ2v) is 2.67. The minimum Gasteiger partial charge on any atom is -0.314 e. The molecule has 2 N–H and O–H groups in total.